The number of imide groups is 1. The van der Waals surface area contributed by atoms with E-state index < -0.39 is 23.8 Å². The predicted molar refractivity (Wildman–Crippen MR) is 233 cm³/mol. The summed E-state index contributed by atoms with van der Waals surface area (Å²) in [7, 11) is 3.61. The van der Waals surface area contributed by atoms with E-state index in [1.165, 1.54) is 41.3 Å². The molecule has 3 amide bonds. The third-order valence-electron chi connectivity index (χ3n) is 12.5. The molecule has 15 nitrogen and oxygen atoms in total. The number of anilines is 2. The van der Waals surface area contributed by atoms with Crippen LogP contribution in [0.25, 0.3) is 21.8 Å². The number of piperidine rings is 1. The number of aryl methyl sites for hydroxylation is 1. The fourth-order valence-corrected chi connectivity index (χ4v) is 9.43. The zero-order valence-electron chi connectivity index (χ0n) is 35.3. The van der Waals surface area contributed by atoms with Gasteiger partial charge in [-0.25, -0.2) is 27.3 Å². The molecular formula is C44H49F3N10O5S. The third kappa shape index (κ3) is 9.21. The zero-order valence-corrected chi connectivity index (χ0v) is 36.1. The van der Waals surface area contributed by atoms with E-state index in [1.807, 2.05) is 24.3 Å². The first-order chi connectivity index (χ1) is 30.4. The van der Waals surface area contributed by atoms with E-state index in [0.717, 1.165) is 57.3 Å². The van der Waals surface area contributed by atoms with Crippen molar-refractivity contribution in [3.63, 3.8) is 0 Å². The van der Waals surface area contributed by atoms with Gasteiger partial charge in [0.05, 0.1) is 46.7 Å². The molecule has 5 heterocycles. The van der Waals surface area contributed by atoms with Crippen molar-refractivity contribution < 1.29 is 32.2 Å². The molecule has 2 N–H and O–H groups in total. The Bertz CT molecular complexity index is 2630. The van der Waals surface area contributed by atoms with Crippen LogP contribution in [-0.2, 0) is 16.6 Å². The van der Waals surface area contributed by atoms with Gasteiger partial charge in [-0.2, -0.15) is 10.4 Å². The highest BCUT2D eigenvalue weighted by Crippen LogP contribution is 2.42. The summed E-state index contributed by atoms with van der Waals surface area (Å²) in [6.07, 6.45) is 6.98. The van der Waals surface area contributed by atoms with Crippen LogP contribution in [0.15, 0.2) is 59.7 Å². The summed E-state index contributed by atoms with van der Waals surface area (Å²) in [5.41, 5.74) is 1.10. The second kappa shape index (κ2) is 18.6. The lowest BCUT2D eigenvalue weighted by molar-refractivity contribution is -0.120. The minimum atomic E-state index is -0.749. The average molecular weight is 887 g/mol. The van der Waals surface area contributed by atoms with E-state index in [9.17, 15) is 32.8 Å². The molecule has 3 unspecified atom stereocenters. The average Bonchev–Trinajstić information content (AvgIpc) is 3.84. The second-order valence-corrected chi connectivity index (χ2v) is 17.4. The molecule has 3 saturated heterocycles. The van der Waals surface area contributed by atoms with E-state index in [4.69, 9.17) is 9.47 Å². The standard InChI is InChI=1S/C32H38F2N6O3S.C12H11FN4O2/c1-3-38(2)44-37-28-11-9-26(34)30(24(28)18-35)43-22-8-10-27-23(16-22)31(41)40(20-36-27)21-17-32(42-19-21)12-14-39(15-13-32)29-7-5-4-6-25(29)33;1-16-9-3-2-7(13)6-8(9)11(15-16)17-5-4-10(18)14-12(17)19/h8-11,16,20-21,25,29,37H,3-7,12-15,17,19H2,1-2H3;2-3,6H,4-5H2,1H3,(H,14,18,19). The molecule has 19 heteroatoms. The SMILES string of the molecule is CCN(C)SNc1ccc(F)c(Oc2ccc3ncn(C4COC5(CCN(C6CCCCC6F)CC5)C4)c(=O)c3c2)c1C#N.Cn1nc(N2CCC(=O)NC2=O)c2cc(F)ccc21. The number of fused-ring (bicyclic) bond motifs is 2. The lowest BCUT2D eigenvalue weighted by Crippen LogP contribution is -2.51. The van der Waals surface area contributed by atoms with Crippen molar-refractivity contribution in [1.29, 1.82) is 5.26 Å². The fourth-order valence-electron chi connectivity index (χ4n) is 8.87. The first kappa shape index (κ1) is 43.9. The number of likely N-dealkylation sites (tertiary alicyclic amines) is 1. The summed E-state index contributed by atoms with van der Waals surface area (Å²) >= 11 is 1.29. The second-order valence-electron chi connectivity index (χ2n) is 16.4. The minimum Gasteiger partial charge on any atom is -0.453 e. The Morgan fingerprint density at radius 1 is 1.06 bits per heavy atom. The van der Waals surface area contributed by atoms with Crippen LogP contribution in [0.2, 0.25) is 0 Å². The lowest BCUT2D eigenvalue weighted by atomic mass is 9.84. The number of carbonyl (C=O) groups excluding carboxylic acids is 2. The quantitative estimate of drug-likeness (QED) is 0.142. The van der Waals surface area contributed by atoms with Gasteiger partial charge in [-0.05, 0) is 87.7 Å². The van der Waals surface area contributed by atoms with Crippen molar-refractivity contribution >= 4 is 57.4 Å². The molecule has 5 aromatic rings. The normalized spacial score (nSPS) is 21.4. The Kier molecular flexibility index (Phi) is 13.0. The number of amides is 3. The maximum Gasteiger partial charge on any atom is 0.329 e. The summed E-state index contributed by atoms with van der Waals surface area (Å²) in [5, 5.41) is 17.2. The van der Waals surface area contributed by atoms with Gasteiger partial charge in [0.1, 0.15) is 29.4 Å². The van der Waals surface area contributed by atoms with Crippen LogP contribution in [0.4, 0.5) is 29.5 Å². The molecule has 2 aromatic heterocycles. The molecule has 332 valence electrons. The Hall–Kier alpha value is -5.68. The number of rotatable bonds is 9. The smallest absolute Gasteiger partial charge is 0.329 e. The highest BCUT2D eigenvalue weighted by molar-refractivity contribution is 7.98. The van der Waals surface area contributed by atoms with Gasteiger partial charge in [0.15, 0.2) is 17.4 Å². The fraction of sp³-hybridized carbons (Fsp3) is 0.455. The first-order valence-corrected chi connectivity index (χ1v) is 22.0. The number of ether oxygens (including phenoxy) is 2. The Morgan fingerprint density at radius 3 is 2.60 bits per heavy atom. The summed E-state index contributed by atoms with van der Waals surface area (Å²) < 4.78 is 63.3. The van der Waals surface area contributed by atoms with Crippen LogP contribution in [0.1, 0.15) is 69.9 Å². The summed E-state index contributed by atoms with van der Waals surface area (Å²) in [5.74, 6) is -1.02. The molecular weight excluding hydrogens is 838 g/mol. The predicted octanol–water partition coefficient (Wildman–Crippen LogP) is 7.36. The molecule has 1 saturated carbocycles. The number of benzene rings is 3. The van der Waals surface area contributed by atoms with Gasteiger partial charge >= 0.3 is 6.03 Å². The Morgan fingerprint density at radius 2 is 1.86 bits per heavy atom. The van der Waals surface area contributed by atoms with Gasteiger partial charge in [0, 0.05) is 63.2 Å². The first-order valence-electron chi connectivity index (χ1n) is 21.2. The van der Waals surface area contributed by atoms with E-state index in [0.29, 0.717) is 47.2 Å². The molecule has 0 bridgehead atoms. The molecule has 1 aliphatic carbocycles. The van der Waals surface area contributed by atoms with Crippen LogP contribution in [-0.4, -0.2) is 98.1 Å². The van der Waals surface area contributed by atoms with Gasteiger partial charge in [-0.1, -0.05) is 19.8 Å². The van der Waals surface area contributed by atoms with Gasteiger partial charge in [-0.3, -0.25) is 34.0 Å². The van der Waals surface area contributed by atoms with E-state index in [2.05, 4.69) is 25.0 Å². The van der Waals surface area contributed by atoms with Crippen LogP contribution in [0.5, 0.6) is 11.5 Å². The van der Waals surface area contributed by atoms with Gasteiger partial charge in [-0.15, -0.1) is 0 Å². The zero-order chi connectivity index (χ0) is 44.4. The van der Waals surface area contributed by atoms with Crippen LogP contribution in [0, 0.1) is 23.0 Å². The Balaban J connectivity index is 0.000000238. The third-order valence-corrected chi connectivity index (χ3v) is 13.3. The highest BCUT2D eigenvalue weighted by Gasteiger charge is 2.45. The summed E-state index contributed by atoms with van der Waals surface area (Å²) in [4.78, 5) is 44.8. The number of urea groups is 1. The largest absolute Gasteiger partial charge is 0.453 e. The Labute approximate surface area is 366 Å². The number of nitrogens with one attached hydrogen (secondary N) is 2. The van der Waals surface area contributed by atoms with Gasteiger partial charge < -0.3 is 14.2 Å². The highest BCUT2D eigenvalue weighted by atomic mass is 32.2. The van der Waals surface area contributed by atoms with Crippen molar-refractivity contribution in [2.45, 2.75) is 82.1 Å². The monoisotopic (exact) mass is 886 g/mol. The molecule has 63 heavy (non-hydrogen) atoms. The minimum absolute atomic E-state index is 0.0140. The van der Waals surface area contributed by atoms with E-state index in [-0.39, 0.29) is 59.2 Å². The maximum absolute atomic E-state index is 14.9. The molecule has 0 radical (unpaired) electrons. The van der Waals surface area contributed by atoms with Crippen molar-refractivity contribution in [3.05, 3.63) is 82.4 Å². The summed E-state index contributed by atoms with van der Waals surface area (Å²) in [6, 6.07) is 13.2. The van der Waals surface area contributed by atoms with Crippen LogP contribution in [0.3, 0.4) is 0 Å². The van der Waals surface area contributed by atoms with E-state index in [1.54, 1.807) is 46.9 Å². The number of nitrogens with zero attached hydrogens (tertiary/aromatic N) is 8. The molecule has 4 aliphatic rings. The van der Waals surface area contributed by atoms with Crippen molar-refractivity contribution in [2.75, 3.05) is 49.5 Å². The maximum atomic E-state index is 14.9. The molecule has 9 rings (SSSR count). The van der Waals surface area contributed by atoms with Gasteiger partial charge in [0.2, 0.25) is 5.91 Å². The summed E-state index contributed by atoms with van der Waals surface area (Å²) in [6.45, 7) is 5.00. The van der Waals surface area contributed by atoms with Crippen LogP contribution < -0.4 is 25.2 Å². The lowest BCUT2D eigenvalue weighted by Gasteiger charge is -2.44. The molecule has 3 aliphatic heterocycles. The number of halogens is 3. The number of carbonyl (C=O) groups is 2. The van der Waals surface area contributed by atoms with Crippen molar-refractivity contribution in [3.8, 4) is 17.6 Å². The van der Waals surface area contributed by atoms with Gasteiger partial charge in [0.25, 0.3) is 5.56 Å². The number of aromatic nitrogens is 4. The molecule has 4 fully saturated rings. The molecule has 3 atom stereocenters. The topological polar surface area (TPSA) is 163 Å². The van der Waals surface area contributed by atoms with Crippen molar-refractivity contribution in [1.82, 2.24) is 33.9 Å². The number of nitriles is 1. The van der Waals surface area contributed by atoms with Crippen LogP contribution >= 0.6 is 12.1 Å². The van der Waals surface area contributed by atoms with E-state index >= 15 is 0 Å². The number of hydrogen-bond acceptors (Lipinski definition) is 12. The number of alkyl halides is 1. The molecule has 3 aromatic carbocycles. The number of hydrogen-bond donors (Lipinski definition) is 2. The van der Waals surface area contributed by atoms with Crippen molar-refractivity contribution in [2.24, 2.45) is 7.05 Å². The molecule has 1 spiro atoms.